The minimum absolute atomic E-state index is 0.185. The maximum Gasteiger partial charge on any atom is 0.184 e. The zero-order valence-electron chi connectivity index (χ0n) is 10.7. The van der Waals surface area contributed by atoms with E-state index in [2.05, 4.69) is 37.9 Å². The molecule has 0 saturated carbocycles. The van der Waals surface area contributed by atoms with Crippen LogP contribution in [0.3, 0.4) is 0 Å². The Hall–Kier alpha value is -1.44. The minimum Gasteiger partial charge on any atom is -0.292 e. The number of carbonyl (C=O) groups is 1. The third kappa shape index (κ3) is 3.00. The zero-order valence-corrected chi connectivity index (χ0v) is 13.9. The number of hydrogen-bond acceptors (Lipinski definition) is 2. The van der Waals surface area contributed by atoms with Crippen LogP contribution in [0, 0.1) is 18.3 Å². The third-order valence-electron chi connectivity index (χ3n) is 3.05. The largest absolute Gasteiger partial charge is 0.292 e. The van der Waals surface area contributed by atoms with Gasteiger partial charge < -0.3 is 0 Å². The van der Waals surface area contributed by atoms with Gasteiger partial charge in [0.05, 0.1) is 6.07 Å². The number of nitrogens with zero attached hydrogens (tertiary/aromatic N) is 1. The van der Waals surface area contributed by atoms with Crippen LogP contribution in [0.1, 0.15) is 27.4 Å². The number of ketones is 1. The summed E-state index contributed by atoms with van der Waals surface area (Å²) in [7, 11) is 0. The molecular formula is C16H11Br2NO. The van der Waals surface area contributed by atoms with E-state index in [0.29, 0.717) is 11.1 Å². The van der Waals surface area contributed by atoms with Crippen molar-refractivity contribution in [1.82, 2.24) is 0 Å². The molecule has 0 fully saturated rings. The molecule has 100 valence electrons. The van der Waals surface area contributed by atoms with Gasteiger partial charge >= 0.3 is 0 Å². The fourth-order valence-electron chi connectivity index (χ4n) is 1.94. The summed E-state index contributed by atoms with van der Waals surface area (Å²) in [5.74, 6) is -0.985. The van der Waals surface area contributed by atoms with Gasteiger partial charge in [-0.25, -0.2) is 0 Å². The van der Waals surface area contributed by atoms with Crippen LogP contribution in [0.25, 0.3) is 0 Å². The number of hydrogen-bond donors (Lipinski definition) is 0. The standard InChI is InChI=1S/C16H11Br2NO/c1-10-8-11(6-7-14(10)17)16(20)13(9-19)12-4-2-3-5-15(12)18/h2-8,13H,1H3. The van der Waals surface area contributed by atoms with E-state index in [1.165, 1.54) is 0 Å². The Morgan fingerprint density at radius 2 is 1.85 bits per heavy atom. The first-order valence-corrected chi connectivity index (χ1v) is 7.57. The second-order valence-electron chi connectivity index (χ2n) is 4.41. The fraction of sp³-hybridized carbons (Fsp3) is 0.125. The van der Waals surface area contributed by atoms with E-state index in [4.69, 9.17) is 0 Å². The van der Waals surface area contributed by atoms with Gasteiger partial charge in [-0.05, 0) is 36.2 Å². The van der Waals surface area contributed by atoms with Gasteiger partial charge in [0, 0.05) is 14.5 Å². The maximum absolute atomic E-state index is 12.5. The fourth-order valence-corrected chi connectivity index (χ4v) is 2.70. The highest BCUT2D eigenvalue weighted by Crippen LogP contribution is 2.28. The van der Waals surface area contributed by atoms with Gasteiger partial charge in [-0.1, -0.05) is 56.1 Å². The van der Waals surface area contributed by atoms with Crippen molar-refractivity contribution in [2.75, 3.05) is 0 Å². The lowest BCUT2D eigenvalue weighted by Gasteiger charge is -2.11. The van der Waals surface area contributed by atoms with Crippen LogP contribution in [0.5, 0.6) is 0 Å². The summed E-state index contributed by atoms with van der Waals surface area (Å²) >= 11 is 6.80. The quantitative estimate of drug-likeness (QED) is 0.688. The Labute approximate surface area is 134 Å². The molecule has 0 spiro atoms. The van der Waals surface area contributed by atoms with E-state index in [9.17, 15) is 10.1 Å². The molecule has 0 aliphatic heterocycles. The highest BCUT2D eigenvalue weighted by molar-refractivity contribution is 9.10. The highest BCUT2D eigenvalue weighted by Gasteiger charge is 2.23. The monoisotopic (exact) mass is 391 g/mol. The van der Waals surface area contributed by atoms with Crippen molar-refractivity contribution in [2.24, 2.45) is 0 Å². The molecule has 0 N–H and O–H groups in total. The van der Waals surface area contributed by atoms with Gasteiger partial charge in [0.15, 0.2) is 5.78 Å². The topological polar surface area (TPSA) is 40.9 Å². The maximum atomic E-state index is 12.5. The second kappa shape index (κ2) is 6.34. The normalized spacial score (nSPS) is 11.7. The first kappa shape index (κ1) is 15.0. The molecule has 1 atom stereocenters. The lowest BCUT2D eigenvalue weighted by atomic mass is 9.91. The predicted molar refractivity (Wildman–Crippen MR) is 85.7 cm³/mol. The van der Waals surface area contributed by atoms with Crippen LogP contribution in [-0.2, 0) is 0 Å². The van der Waals surface area contributed by atoms with Crippen LogP contribution < -0.4 is 0 Å². The van der Waals surface area contributed by atoms with Crippen LogP contribution in [-0.4, -0.2) is 5.78 Å². The van der Waals surface area contributed by atoms with Crippen LogP contribution >= 0.6 is 31.9 Å². The highest BCUT2D eigenvalue weighted by atomic mass is 79.9. The number of Topliss-reactive ketones (excluding diaryl/α,β-unsaturated/α-hetero) is 1. The van der Waals surface area contributed by atoms with E-state index in [-0.39, 0.29) is 5.78 Å². The first-order valence-electron chi connectivity index (χ1n) is 5.99. The molecule has 0 amide bonds. The van der Waals surface area contributed by atoms with Crippen LogP contribution in [0.15, 0.2) is 51.4 Å². The molecule has 0 radical (unpaired) electrons. The summed E-state index contributed by atoms with van der Waals surface area (Å²) in [5, 5.41) is 9.36. The van der Waals surface area contributed by atoms with E-state index >= 15 is 0 Å². The molecule has 1 unspecified atom stereocenters. The number of halogens is 2. The third-order valence-corrected chi connectivity index (χ3v) is 4.66. The zero-order chi connectivity index (χ0) is 14.7. The molecule has 2 rings (SSSR count). The van der Waals surface area contributed by atoms with E-state index in [1.807, 2.05) is 31.2 Å². The van der Waals surface area contributed by atoms with Gasteiger partial charge in [0.1, 0.15) is 5.92 Å². The first-order chi connectivity index (χ1) is 9.54. The van der Waals surface area contributed by atoms with Crippen LogP contribution in [0.4, 0.5) is 0 Å². The summed E-state index contributed by atoms with van der Waals surface area (Å²) < 4.78 is 1.72. The van der Waals surface area contributed by atoms with Crippen molar-refractivity contribution in [2.45, 2.75) is 12.8 Å². The summed E-state index contributed by atoms with van der Waals surface area (Å²) in [6, 6.07) is 14.8. The van der Waals surface area contributed by atoms with Gasteiger partial charge in [0.25, 0.3) is 0 Å². The summed E-state index contributed by atoms with van der Waals surface area (Å²) in [6.07, 6.45) is 0. The molecular weight excluding hydrogens is 382 g/mol. The van der Waals surface area contributed by atoms with E-state index in [0.717, 1.165) is 14.5 Å². The van der Waals surface area contributed by atoms with Gasteiger partial charge in [-0.2, -0.15) is 5.26 Å². The molecule has 4 heteroatoms. The summed E-state index contributed by atoms with van der Waals surface area (Å²) in [6.45, 7) is 1.92. The molecule has 0 aliphatic rings. The molecule has 20 heavy (non-hydrogen) atoms. The molecule has 0 heterocycles. The number of rotatable bonds is 3. The van der Waals surface area contributed by atoms with Gasteiger partial charge in [0.2, 0.25) is 0 Å². The molecule has 2 aromatic carbocycles. The molecule has 0 bridgehead atoms. The van der Waals surface area contributed by atoms with Crippen molar-refractivity contribution < 1.29 is 4.79 Å². The lowest BCUT2D eigenvalue weighted by molar-refractivity contribution is 0.0978. The van der Waals surface area contributed by atoms with Crippen molar-refractivity contribution in [1.29, 1.82) is 5.26 Å². The molecule has 2 aromatic rings. The molecule has 2 nitrogen and oxygen atoms in total. The van der Waals surface area contributed by atoms with Crippen molar-refractivity contribution >= 4 is 37.6 Å². The minimum atomic E-state index is -0.800. The second-order valence-corrected chi connectivity index (χ2v) is 6.12. The molecule has 0 aliphatic carbocycles. The number of benzene rings is 2. The van der Waals surface area contributed by atoms with E-state index < -0.39 is 5.92 Å². The lowest BCUT2D eigenvalue weighted by Crippen LogP contribution is -2.12. The number of carbonyl (C=O) groups excluding carboxylic acids is 1. The predicted octanol–water partition coefficient (Wildman–Crippen LogP) is 5.01. The van der Waals surface area contributed by atoms with Gasteiger partial charge in [-0.15, -0.1) is 0 Å². The van der Waals surface area contributed by atoms with Gasteiger partial charge in [-0.3, -0.25) is 4.79 Å². The average molecular weight is 393 g/mol. The summed E-state index contributed by atoms with van der Waals surface area (Å²) in [4.78, 5) is 12.5. The Kier molecular flexibility index (Phi) is 4.74. The Bertz CT molecular complexity index is 704. The number of aryl methyl sites for hydroxylation is 1. The number of nitriles is 1. The Morgan fingerprint density at radius 1 is 1.15 bits per heavy atom. The van der Waals surface area contributed by atoms with Crippen molar-refractivity contribution in [3.8, 4) is 6.07 Å². The van der Waals surface area contributed by atoms with Crippen molar-refractivity contribution in [3.63, 3.8) is 0 Å². The average Bonchev–Trinajstić information content (AvgIpc) is 2.44. The Morgan fingerprint density at radius 3 is 2.45 bits per heavy atom. The molecule has 0 aromatic heterocycles. The smallest absolute Gasteiger partial charge is 0.184 e. The Balaban J connectivity index is 2.42. The summed E-state index contributed by atoms with van der Waals surface area (Å²) in [5.41, 5.74) is 2.22. The van der Waals surface area contributed by atoms with E-state index in [1.54, 1.807) is 18.2 Å². The van der Waals surface area contributed by atoms with Crippen molar-refractivity contribution in [3.05, 3.63) is 68.1 Å². The SMILES string of the molecule is Cc1cc(C(=O)C(C#N)c2ccccc2Br)ccc1Br. The molecule has 0 saturated heterocycles. The van der Waals surface area contributed by atoms with Crippen LogP contribution in [0.2, 0.25) is 0 Å².